The molecule has 0 aromatic heterocycles. The van der Waals surface area contributed by atoms with Gasteiger partial charge in [0.2, 0.25) is 0 Å². The van der Waals surface area contributed by atoms with Gasteiger partial charge in [0.05, 0.1) is 25.2 Å². The van der Waals surface area contributed by atoms with Crippen LogP contribution in [0.25, 0.3) is 11.1 Å². The number of ether oxygens (including phenoxy) is 2. The van der Waals surface area contributed by atoms with Crippen molar-refractivity contribution >= 4 is 28.0 Å². The summed E-state index contributed by atoms with van der Waals surface area (Å²) in [5.74, 6) is -0.572. The third kappa shape index (κ3) is 8.38. The molecule has 0 bridgehead atoms. The number of rotatable bonds is 10. The van der Waals surface area contributed by atoms with Crippen molar-refractivity contribution < 1.29 is 40.4 Å². The first-order chi connectivity index (χ1) is 17.8. The molecule has 2 aromatic carbocycles. The molecule has 1 atom stereocenters. The smallest absolute Gasteiger partial charge is 0.414 e. The van der Waals surface area contributed by atoms with Crippen LogP contribution < -0.4 is 4.90 Å². The van der Waals surface area contributed by atoms with Gasteiger partial charge in [0.15, 0.2) is 0 Å². The summed E-state index contributed by atoms with van der Waals surface area (Å²) in [7, 11) is -3.69. The molecule has 0 radical (unpaired) electrons. The molecule has 12 heteroatoms. The highest BCUT2D eigenvalue weighted by atomic mass is 32.2. The summed E-state index contributed by atoms with van der Waals surface area (Å²) < 4.78 is 65.3. The lowest BCUT2D eigenvalue weighted by Crippen LogP contribution is -2.37. The first-order valence-electron chi connectivity index (χ1n) is 12.0. The predicted octanol–water partition coefficient (Wildman–Crippen LogP) is 4.89. The van der Waals surface area contributed by atoms with E-state index in [1.54, 1.807) is 51.1 Å². The zero-order valence-corrected chi connectivity index (χ0v) is 22.6. The lowest BCUT2D eigenvalue weighted by Gasteiger charge is -2.27. The van der Waals surface area contributed by atoms with Gasteiger partial charge in [-0.25, -0.2) is 14.0 Å². The number of hydrogen-bond donors (Lipinski definition) is 0. The maximum atomic E-state index is 15.0. The number of hydrogen-bond acceptors (Lipinski definition) is 7. The van der Waals surface area contributed by atoms with Crippen LogP contribution in [0.3, 0.4) is 0 Å². The van der Waals surface area contributed by atoms with E-state index in [0.29, 0.717) is 11.1 Å². The molecule has 0 saturated carbocycles. The number of nitrogens with zero attached hydrogens (tertiary/aromatic N) is 2. The number of halogens is 2. The van der Waals surface area contributed by atoms with Crippen molar-refractivity contribution in [3.8, 4) is 11.1 Å². The molecule has 1 aliphatic heterocycles. The first kappa shape index (κ1) is 29.3. The molecule has 1 saturated heterocycles. The Balaban J connectivity index is 1.70. The third-order valence-corrected chi connectivity index (χ3v) is 6.02. The number of anilines is 1. The highest BCUT2D eigenvalue weighted by Gasteiger charge is 2.33. The van der Waals surface area contributed by atoms with Crippen LogP contribution in [0.4, 0.5) is 24.1 Å². The molecule has 0 N–H and O–H groups in total. The van der Waals surface area contributed by atoms with Crippen LogP contribution >= 0.6 is 0 Å². The molecule has 0 spiro atoms. The minimum Gasteiger partial charge on any atom is -0.444 e. The van der Waals surface area contributed by atoms with Gasteiger partial charge < -0.3 is 14.4 Å². The van der Waals surface area contributed by atoms with Gasteiger partial charge in [0.1, 0.15) is 24.1 Å². The molecule has 9 nitrogen and oxygen atoms in total. The van der Waals surface area contributed by atoms with Crippen molar-refractivity contribution in [1.29, 1.82) is 0 Å². The van der Waals surface area contributed by atoms with Crippen LogP contribution in [-0.4, -0.2) is 69.8 Å². The Morgan fingerprint density at radius 1 is 1.18 bits per heavy atom. The van der Waals surface area contributed by atoms with Gasteiger partial charge in [0, 0.05) is 18.7 Å². The number of carbonyl (C=O) groups is 2. The standard InChI is InChI=1S/C26H32F2N2O7S/c1-26(2,3)37-24(31)29(13-5-12-27)15-18-6-8-19(9-7-18)22-11-10-20(14-23(22)28)30-16-21(36-25(30)32)17-35-38(4,33)34/h6-11,14,21H,5,12-13,15-17H2,1-4H3. The Morgan fingerprint density at radius 2 is 1.87 bits per heavy atom. The Labute approximate surface area is 221 Å². The van der Waals surface area contributed by atoms with E-state index in [0.717, 1.165) is 11.8 Å². The number of alkyl halides is 1. The number of benzene rings is 2. The molecule has 208 valence electrons. The quantitative estimate of drug-likeness (QED) is 0.385. The Morgan fingerprint density at radius 3 is 2.45 bits per heavy atom. The van der Waals surface area contributed by atoms with E-state index in [9.17, 15) is 22.4 Å². The van der Waals surface area contributed by atoms with Gasteiger partial charge in [-0.2, -0.15) is 8.42 Å². The van der Waals surface area contributed by atoms with Gasteiger partial charge >= 0.3 is 12.2 Å². The molecule has 2 aromatic rings. The zero-order valence-electron chi connectivity index (χ0n) is 21.8. The second-order valence-corrected chi connectivity index (χ2v) is 11.6. The summed E-state index contributed by atoms with van der Waals surface area (Å²) >= 11 is 0. The van der Waals surface area contributed by atoms with Gasteiger partial charge in [-0.3, -0.25) is 13.5 Å². The fourth-order valence-corrected chi connectivity index (χ4v) is 4.15. The summed E-state index contributed by atoms with van der Waals surface area (Å²) in [6, 6.07) is 11.2. The van der Waals surface area contributed by atoms with E-state index < -0.39 is 46.5 Å². The Bertz CT molecular complexity index is 1250. The summed E-state index contributed by atoms with van der Waals surface area (Å²) in [6.45, 7) is 4.80. The largest absolute Gasteiger partial charge is 0.444 e. The molecule has 1 aliphatic rings. The number of cyclic esters (lactones) is 1. The minimum atomic E-state index is -3.69. The molecular formula is C26H32F2N2O7S. The SMILES string of the molecule is CC(C)(C)OC(=O)N(CCCF)Cc1ccc(-c2ccc(N3CC(COS(C)(=O)=O)OC3=O)cc2F)cc1. The average Bonchev–Trinajstić information content (AvgIpc) is 3.20. The minimum absolute atomic E-state index is 0.0123. The highest BCUT2D eigenvalue weighted by Crippen LogP contribution is 2.29. The zero-order chi connectivity index (χ0) is 28.1. The fraction of sp³-hybridized carbons (Fsp3) is 0.462. The van der Waals surface area contributed by atoms with E-state index in [1.807, 2.05) is 0 Å². The molecular weight excluding hydrogens is 522 g/mol. The lowest BCUT2D eigenvalue weighted by molar-refractivity contribution is 0.0228. The van der Waals surface area contributed by atoms with Crippen LogP contribution in [0, 0.1) is 5.82 Å². The fourth-order valence-electron chi connectivity index (χ4n) is 3.75. The molecule has 2 amide bonds. The lowest BCUT2D eigenvalue weighted by atomic mass is 10.0. The van der Waals surface area contributed by atoms with Crippen molar-refractivity contribution in [1.82, 2.24) is 4.90 Å². The van der Waals surface area contributed by atoms with Crippen LogP contribution in [0.5, 0.6) is 0 Å². The first-order valence-corrected chi connectivity index (χ1v) is 13.8. The third-order valence-electron chi connectivity index (χ3n) is 5.46. The second kappa shape index (κ2) is 12.1. The predicted molar refractivity (Wildman–Crippen MR) is 137 cm³/mol. The van der Waals surface area contributed by atoms with Gasteiger partial charge in [-0.05, 0) is 56.5 Å². The van der Waals surface area contributed by atoms with E-state index in [4.69, 9.17) is 9.47 Å². The van der Waals surface area contributed by atoms with Crippen LogP contribution in [0.1, 0.15) is 32.8 Å². The molecule has 38 heavy (non-hydrogen) atoms. The van der Waals surface area contributed by atoms with E-state index in [-0.39, 0.29) is 38.3 Å². The molecule has 0 aliphatic carbocycles. The van der Waals surface area contributed by atoms with Crippen molar-refractivity contribution in [3.05, 3.63) is 53.8 Å². The maximum absolute atomic E-state index is 15.0. The number of amides is 2. The summed E-state index contributed by atoms with van der Waals surface area (Å²) in [4.78, 5) is 27.4. The van der Waals surface area contributed by atoms with E-state index >= 15 is 4.39 Å². The van der Waals surface area contributed by atoms with Crippen LogP contribution in [0.2, 0.25) is 0 Å². The molecule has 1 unspecified atom stereocenters. The van der Waals surface area contributed by atoms with E-state index in [1.165, 1.54) is 21.9 Å². The Kier molecular flexibility index (Phi) is 9.31. The second-order valence-electron chi connectivity index (χ2n) is 9.91. The maximum Gasteiger partial charge on any atom is 0.414 e. The molecule has 1 heterocycles. The van der Waals surface area contributed by atoms with E-state index in [2.05, 4.69) is 4.18 Å². The van der Waals surface area contributed by atoms with Crippen molar-refractivity contribution in [2.45, 2.75) is 45.4 Å². The summed E-state index contributed by atoms with van der Waals surface area (Å²) in [5, 5.41) is 0. The summed E-state index contributed by atoms with van der Waals surface area (Å²) in [5.41, 5.74) is 1.21. The van der Waals surface area contributed by atoms with Crippen molar-refractivity contribution in [2.24, 2.45) is 0 Å². The highest BCUT2D eigenvalue weighted by molar-refractivity contribution is 7.85. The summed E-state index contributed by atoms with van der Waals surface area (Å²) in [6.07, 6.45) is -0.998. The normalized spacial score (nSPS) is 15.9. The van der Waals surface area contributed by atoms with Crippen molar-refractivity contribution in [3.63, 3.8) is 0 Å². The molecule has 1 fully saturated rings. The van der Waals surface area contributed by atoms with Crippen LogP contribution in [0.15, 0.2) is 42.5 Å². The average molecular weight is 555 g/mol. The monoisotopic (exact) mass is 554 g/mol. The molecule has 3 rings (SSSR count). The number of carbonyl (C=O) groups excluding carboxylic acids is 2. The van der Waals surface area contributed by atoms with Crippen molar-refractivity contribution in [2.75, 3.05) is 37.5 Å². The van der Waals surface area contributed by atoms with Gasteiger partial charge in [-0.15, -0.1) is 0 Å². The topological polar surface area (TPSA) is 102 Å². The van der Waals surface area contributed by atoms with Gasteiger partial charge in [-0.1, -0.05) is 24.3 Å². The van der Waals surface area contributed by atoms with Crippen LogP contribution in [-0.2, 0) is 30.3 Å². The Hall–Kier alpha value is -3.25. The van der Waals surface area contributed by atoms with Gasteiger partial charge in [0.25, 0.3) is 10.1 Å².